The Labute approximate surface area is 132 Å². The Morgan fingerprint density at radius 1 is 1.39 bits per heavy atom. The Hall–Kier alpha value is -2.83. The van der Waals surface area contributed by atoms with Gasteiger partial charge in [-0.2, -0.15) is 0 Å². The molecule has 1 aromatic heterocycles. The zero-order valence-electron chi connectivity index (χ0n) is 12.8. The van der Waals surface area contributed by atoms with Crippen LogP contribution in [0.4, 0.5) is 5.69 Å². The van der Waals surface area contributed by atoms with Crippen LogP contribution in [-0.2, 0) is 20.9 Å². The number of aryl methyl sites for hydroxylation is 1. The van der Waals surface area contributed by atoms with Crippen LogP contribution in [0.25, 0.3) is 0 Å². The lowest BCUT2D eigenvalue weighted by atomic mass is 10.1. The molecule has 1 aliphatic rings. The van der Waals surface area contributed by atoms with Gasteiger partial charge in [0.1, 0.15) is 12.0 Å². The second kappa shape index (κ2) is 6.12. The summed E-state index contributed by atoms with van der Waals surface area (Å²) in [4.78, 5) is 30.0. The quantitative estimate of drug-likeness (QED) is 0.801. The molecule has 0 N–H and O–H groups in total. The van der Waals surface area contributed by atoms with Crippen molar-refractivity contribution in [2.24, 2.45) is 0 Å². The van der Waals surface area contributed by atoms with E-state index in [2.05, 4.69) is 9.72 Å². The van der Waals surface area contributed by atoms with Gasteiger partial charge in [0.15, 0.2) is 12.0 Å². The van der Waals surface area contributed by atoms with Crippen molar-refractivity contribution in [3.63, 3.8) is 0 Å². The van der Waals surface area contributed by atoms with Crippen LogP contribution in [0, 0.1) is 6.92 Å². The van der Waals surface area contributed by atoms with Crippen molar-refractivity contribution in [2.45, 2.75) is 26.0 Å². The Balaban J connectivity index is 1.91. The summed E-state index contributed by atoms with van der Waals surface area (Å²) in [5, 5.41) is 0. The minimum Gasteiger partial charge on any atom is -0.478 e. The average Bonchev–Trinajstić information content (AvgIpc) is 2.96. The van der Waals surface area contributed by atoms with E-state index in [1.54, 1.807) is 24.0 Å². The van der Waals surface area contributed by atoms with E-state index in [-0.39, 0.29) is 18.9 Å². The average molecular weight is 316 g/mol. The van der Waals surface area contributed by atoms with Crippen molar-refractivity contribution in [3.8, 4) is 5.75 Å². The van der Waals surface area contributed by atoms with Crippen molar-refractivity contribution in [1.29, 1.82) is 0 Å². The highest BCUT2D eigenvalue weighted by Gasteiger charge is 2.36. The lowest BCUT2D eigenvalue weighted by Gasteiger charge is -2.33. The molecule has 0 bridgehead atoms. The predicted molar refractivity (Wildman–Crippen MR) is 79.9 cm³/mol. The fourth-order valence-corrected chi connectivity index (χ4v) is 2.45. The minimum absolute atomic E-state index is 0.141. The lowest BCUT2D eigenvalue weighted by Crippen LogP contribution is -2.46. The van der Waals surface area contributed by atoms with Gasteiger partial charge in [-0.1, -0.05) is 12.1 Å². The monoisotopic (exact) mass is 316 g/mol. The van der Waals surface area contributed by atoms with Crippen molar-refractivity contribution < 1.29 is 23.5 Å². The summed E-state index contributed by atoms with van der Waals surface area (Å²) in [6.07, 6.45) is 0.457. The number of hydrogen-bond donors (Lipinski definition) is 0. The molecule has 2 heterocycles. The highest BCUT2D eigenvalue weighted by Crippen LogP contribution is 2.35. The first-order chi connectivity index (χ1) is 11.1. The van der Waals surface area contributed by atoms with Gasteiger partial charge >= 0.3 is 5.97 Å². The number of oxazole rings is 1. The number of nitrogens with zero attached hydrogens (tertiary/aromatic N) is 2. The van der Waals surface area contributed by atoms with Gasteiger partial charge < -0.3 is 13.9 Å². The van der Waals surface area contributed by atoms with Gasteiger partial charge in [-0.05, 0) is 12.1 Å². The van der Waals surface area contributed by atoms with Gasteiger partial charge in [-0.25, -0.2) is 4.98 Å². The van der Waals surface area contributed by atoms with Crippen molar-refractivity contribution in [1.82, 2.24) is 4.98 Å². The van der Waals surface area contributed by atoms with E-state index in [1.807, 2.05) is 12.1 Å². The molecule has 2 aromatic rings. The van der Waals surface area contributed by atoms with E-state index < -0.39 is 12.1 Å². The third-order valence-electron chi connectivity index (χ3n) is 3.53. The van der Waals surface area contributed by atoms with Crippen molar-refractivity contribution >= 4 is 17.6 Å². The maximum absolute atomic E-state index is 12.7. The van der Waals surface area contributed by atoms with Crippen molar-refractivity contribution in [3.05, 3.63) is 42.1 Å². The highest BCUT2D eigenvalue weighted by atomic mass is 16.5. The Morgan fingerprint density at radius 3 is 2.87 bits per heavy atom. The number of anilines is 1. The lowest BCUT2D eigenvalue weighted by molar-refractivity contribution is -0.145. The third kappa shape index (κ3) is 3.03. The molecule has 1 aromatic carbocycles. The zero-order valence-corrected chi connectivity index (χ0v) is 12.8. The van der Waals surface area contributed by atoms with Gasteiger partial charge in [0.2, 0.25) is 0 Å². The maximum Gasteiger partial charge on any atom is 0.309 e. The van der Waals surface area contributed by atoms with Gasteiger partial charge in [0, 0.05) is 6.92 Å². The number of methoxy groups -OCH3 is 1. The molecule has 0 spiro atoms. The molecular weight excluding hydrogens is 300 g/mol. The fourth-order valence-electron chi connectivity index (χ4n) is 2.45. The molecule has 0 saturated heterocycles. The van der Waals surface area contributed by atoms with E-state index in [9.17, 15) is 9.59 Å². The van der Waals surface area contributed by atoms with Crippen LogP contribution in [0.15, 0.2) is 34.9 Å². The first-order valence-corrected chi connectivity index (χ1v) is 7.13. The molecule has 1 atom stereocenters. The summed E-state index contributed by atoms with van der Waals surface area (Å²) >= 11 is 0. The molecule has 7 nitrogen and oxygen atoms in total. The molecule has 1 aliphatic heterocycles. The molecule has 0 aliphatic carbocycles. The van der Waals surface area contributed by atoms with E-state index >= 15 is 0 Å². The van der Waals surface area contributed by atoms with E-state index in [4.69, 9.17) is 9.15 Å². The molecular formula is C16H16N2O5. The second-order valence-electron chi connectivity index (χ2n) is 5.14. The molecule has 7 heteroatoms. The Morgan fingerprint density at radius 2 is 2.17 bits per heavy atom. The Kier molecular flexibility index (Phi) is 4.01. The SMILES string of the molecule is COC(=O)CC1Oc2ccccc2N(Cc2coc(C)n2)C1=O. The van der Waals surface area contributed by atoms with Gasteiger partial charge in [-0.3, -0.25) is 14.5 Å². The topological polar surface area (TPSA) is 81.9 Å². The van der Waals surface area contributed by atoms with Crippen LogP contribution in [0.1, 0.15) is 18.0 Å². The summed E-state index contributed by atoms with van der Waals surface area (Å²) in [5.41, 5.74) is 1.27. The second-order valence-corrected chi connectivity index (χ2v) is 5.14. The first kappa shape index (κ1) is 15.1. The van der Waals surface area contributed by atoms with Crippen LogP contribution >= 0.6 is 0 Å². The Bertz CT molecular complexity index is 740. The summed E-state index contributed by atoms with van der Waals surface area (Å²) < 4.78 is 15.5. The number of esters is 1. The number of benzene rings is 1. The number of hydrogen-bond acceptors (Lipinski definition) is 6. The largest absolute Gasteiger partial charge is 0.478 e. The number of carbonyl (C=O) groups is 2. The van der Waals surface area contributed by atoms with E-state index in [0.29, 0.717) is 23.0 Å². The first-order valence-electron chi connectivity index (χ1n) is 7.13. The standard InChI is InChI=1S/C16H16N2O5/c1-10-17-11(9-22-10)8-18-12-5-3-4-6-13(12)23-14(16(18)20)7-15(19)21-2/h3-6,9,14H,7-8H2,1-2H3. The predicted octanol–water partition coefficient (Wildman–Crippen LogP) is 1.84. The third-order valence-corrected chi connectivity index (χ3v) is 3.53. The van der Waals surface area contributed by atoms with Gasteiger partial charge in [0.25, 0.3) is 5.91 Å². The molecule has 0 saturated carbocycles. The van der Waals surface area contributed by atoms with Gasteiger partial charge in [0.05, 0.1) is 31.5 Å². The van der Waals surface area contributed by atoms with Crippen LogP contribution in [0.2, 0.25) is 0 Å². The highest BCUT2D eigenvalue weighted by molar-refractivity contribution is 6.01. The number of para-hydroxylation sites is 2. The normalized spacial score (nSPS) is 16.7. The summed E-state index contributed by atoms with van der Waals surface area (Å²) in [5.74, 6) is 0.260. The fraction of sp³-hybridized carbons (Fsp3) is 0.312. The van der Waals surface area contributed by atoms with Crippen molar-refractivity contribution in [2.75, 3.05) is 12.0 Å². The maximum atomic E-state index is 12.7. The smallest absolute Gasteiger partial charge is 0.309 e. The molecule has 120 valence electrons. The molecule has 1 unspecified atom stereocenters. The van der Waals surface area contributed by atoms with Crippen LogP contribution in [0.5, 0.6) is 5.75 Å². The molecule has 3 rings (SSSR count). The van der Waals surface area contributed by atoms with E-state index in [0.717, 1.165) is 0 Å². The van der Waals surface area contributed by atoms with Gasteiger partial charge in [-0.15, -0.1) is 0 Å². The molecule has 23 heavy (non-hydrogen) atoms. The minimum atomic E-state index is -0.912. The summed E-state index contributed by atoms with van der Waals surface area (Å²) in [7, 11) is 1.28. The molecule has 0 radical (unpaired) electrons. The number of rotatable bonds is 4. The van der Waals surface area contributed by atoms with Crippen LogP contribution < -0.4 is 9.64 Å². The number of amides is 1. The number of aromatic nitrogens is 1. The number of fused-ring (bicyclic) bond motifs is 1. The van der Waals surface area contributed by atoms with E-state index in [1.165, 1.54) is 13.4 Å². The molecule has 1 amide bonds. The zero-order chi connectivity index (χ0) is 16.4. The van der Waals surface area contributed by atoms with Crippen LogP contribution in [0.3, 0.4) is 0 Å². The summed E-state index contributed by atoms with van der Waals surface area (Å²) in [6.45, 7) is 1.98. The van der Waals surface area contributed by atoms with Crippen LogP contribution in [-0.4, -0.2) is 30.1 Å². The summed E-state index contributed by atoms with van der Waals surface area (Å²) in [6, 6.07) is 7.17. The molecule has 0 fully saturated rings. The number of carbonyl (C=O) groups excluding carboxylic acids is 2. The number of ether oxygens (including phenoxy) is 2.